The van der Waals surface area contributed by atoms with Gasteiger partial charge in [0.15, 0.2) is 0 Å². The van der Waals surface area contributed by atoms with Gasteiger partial charge in [-0.15, -0.1) is 0 Å². The minimum atomic E-state index is -0.862. The fourth-order valence-electron chi connectivity index (χ4n) is 2.37. The molecular formula is C17H37NO2. The van der Waals surface area contributed by atoms with Crippen LogP contribution in [0.3, 0.4) is 0 Å². The number of hydrogen-bond donors (Lipinski definition) is 2. The van der Waals surface area contributed by atoms with Crippen molar-refractivity contribution in [3.63, 3.8) is 0 Å². The summed E-state index contributed by atoms with van der Waals surface area (Å²) in [4.78, 5) is 0. The highest BCUT2D eigenvalue weighted by Gasteiger charge is 2.29. The van der Waals surface area contributed by atoms with Gasteiger partial charge < -0.3 is 15.6 Å². The number of ether oxygens (including phenoxy) is 1. The van der Waals surface area contributed by atoms with Gasteiger partial charge in [0.05, 0.1) is 6.10 Å². The molecule has 0 saturated carbocycles. The van der Waals surface area contributed by atoms with Crippen LogP contribution in [0, 0.1) is 0 Å². The monoisotopic (exact) mass is 287 g/mol. The van der Waals surface area contributed by atoms with Crippen LogP contribution < -0.4 is 5.73 Å². The molecule has 0 spiro atoms. The van der Waals surface area contributed by atoms with Crippen molar-refractivity contribution >= 4 is 0 Å². The van der Waals surface area contributed by atoms with Crippen molar-refractivity contribution in [1.29, 1.82) is 0 Å². The summed E-state index contributed by atoms with van der Waals surface area (Å²) in [7, 11) is 0. The second kappa shape index (κ2) is 12.6. The minimum Gasteiger partial charge on any atom is -0.389 e. The minimum absolute atomic E-state index is 0.615. The van der Waals surface area contributed by atoms with Gasteiger partial charge in [-0.05, 0) is 19.8 Å². The van der Waals surface area contributed by atoms with E-state index >= 15 is 0 Å². The van der Waals surface area contributed by atoms with Crippen molar-refractivity contribution in [3.05, 3.63) is 0 Å². The van der Waals surface area contributed by atoms with Crippen LogP contribution in [-0.2, 0) is 4.74 Å². The fraction of sp³-hybridized carbons (Fsp3) is 1.00. The molecular weight excluding hydrogens is 250 g/mol. The molecule has 0 aliphatic heterocycles. The van der Waals surface area contributed by atoms with Crippen LogP contribution in [0.2, 0.25) is 0 Å². The summed E-state index contributed by atoms with van der Waals surface area (Å²) in [5.74, 6) is 0. The molecule has 0 aliphatic rings. The van der Waals surface area contributed by atoms with Crippen molar-refractivity contribution in [1.82, 2.24) is 0 Å². The zero-order valence-electron chi connectivity index (χ0n) is 14.0. The van der Waals surface area contributed by atoms with Crippen molar-refractivity contribution in [2.75, 3.05) is 6.61 Å². The molecule has 0 amide bonds. The Kier molecular flexibility index (Phi) is 12.5. The first-order chi connectivity index (χ1) is 9.56. The molecule has 0 aromatic rings. The molecule has 0 aromatic heterocycles. The summed E-state index contributed by atoms with van der Waals surface area (Å²) in [5, 5.41) is 9.58. The van der Waals surface area contributed by atoms with Crippen LogP contribution >= 0.6 is 0 Å². The fourth-order valence-corrected chi connectivity index (χ4v) is 2.37. The normalized spacial score (nSPS) is 16.1. The molecule has 122 valence electrons. The zero-order chi connectivity index (χ0) is 15.3. The highest BCUT2D eigenvalue weighted by atomic mass is 16.5. The molecule has 0 heterocycles. The first-order valence-corrected chi connectivity index (χ1v) is 8.67. The van der Waals surface area contributed by atoms with Gasteiger partial charge in [0, 0.05) is 6.61 Å². The standard InChI is InChI=1S/C17H37NO2/c1-4-6-7-8-9-10-11-12-13-14-15-20-17(18,5-2)16(3)19/h16,19H,4-15,18H2,1-3H3. The van der Waals surface area contributed by atoms with Crippen molar-refractivity contribution in [2.24, 2.45) is 5.73 Å². The Hall–Kier alpha value is -0.120. The largest absolute Gasteiger partial charge is 0.389 e. The second-order valence-electron chi connectivity index (χ2n) is 6.01. The first-order valence-electron chi connectivity index (χ1n) is 8.67. The van der Waals surface area contributed by atoms with Gasteiger partial charge in [-0.3, -0.25) is 0 Å². The molecule has 3 N–H and O–H groups in total. The van der Waals surface area contributed by atoms with Crippen LogP contribution in [-0.4, -0.2) is 23.5 Å². The van der Waals surface area contributed by atoms with Gasteiger partial charge in [-0.25, -0.2) is 0 Å². The SMILES string of the molecule is CCCCCCCCCCCCOC(N)(CC)C(C)O. The van der Waals surface area contributed by atoms with E-state index in [1.54, 1.807) is 6.92 Å². The molecule has 0 rings (SSSR count). The van der Waals surface area contributed by atoms with Crippen LogP contribution in [0.5, 0.6) is 0 Å². The number of hydrogen-bond acceptors (Lipinski definition) is 3. The number of aliphatic hydroxyl groups is 1. The van der Waals surface area contributed by atoms with E-state index in [1.807, 2.05) is 6.92 Å². The number of rotatable bonds is 14. The summed E-state index contributed by atoms with van der Waals surface area (Å²) in [5.41, 5.74) is 5.13. The molecule has 0 fully saturated rings. The summed E-state index contributed by atoms with van der Waals surface area (Å²) >= 11 is 0. The van der Waals surface area contributed by atoms with E-state index in [0.717, 1.165) is 6.42 Å². The molecule has 3 nitrogen and oxygen atoms in total. The lowest BCUT2D eigenvalue weighted by Crippen LogP contribution is -2.51. The maximum Gasteiger partial charge on any atom is 0.142 e. The predicted molar refractivity (Wildman–Crippen MR) is 86.7 cm³/mol. The lowest BCUT2D eigenvalue weighted by molar-refractivity contribution is -0.117. The van der Waals surface area contributed by atoms with Crippen molar-refractivity contribution in [3.8, 4) is 0 Å². The number of nitrogens with two attached hydrogens (primary N) is 1. The summed E-state index contributed by atoms with van der Waals surface area (Å²) in [6, 6.07) is 0. The van der Waals surface area contributed by atoms with Gasteiger partial charge in [-0.1, -0.05) is 71.6 Å². The van der Waals surface area contributed by atoms with Crippen LogP contribution in [0.1, 0.15) is 91.4 Å². The van der Waals surface area contributed by atoms with Crippen LogP contribution in [0.15, 0.2) is 0 Å². The van der Waals surface area contributed by atoms with Crippen molar-refractivity contribution in [2.45, 2.75) is 103 Å². The lowest BCUT2D eigenvalue weighted by atomic mass is 10.1. The van der Waals surface area contributed by atoms with Crippen LogP contribution in [0.25, 0.3) is 0 Å². The predicted octanol–water partition coefficient (Wildman–Crippen LogP) is 4.37. The van der Waals surface area contributed by atoms with Gasteiger partial charge >= 0.3 is 0 Å². The summed E-state index contributed by atoms with van der Waals surface area (Å²) in [6.45, 7) is 6.56. The van der Waals surface area contributed by atoms with E-state index in [0.29, 0.717) is 13.0 Å². The third-order valence-corrected chi connectivity index (χ3v) is 4.13. The van der Waals surface area contributed by atoms with E-state index in [9.17, 15) is 5.11 Å². The average molecular weight is 287 g/mol. The van der Waals surface area contributed by atoms with Gasteiger partial charge in [0.1, 0.15) is 5.72 Å². The van der Waals surface area contributed by atoms with Crippen LogP contribution in [0.4, 0.5) is 0 Å². The third kappa shape index (κ3) is 9.73. The molecule has 20 heavy (non-hydrogen) atoms. The maximum atomic E-state index is 9.58. The van der Waals surface area contributed by atoms with Gasteiger partial charge in [-0.2, -0.15) is 0 Å². The van der Waals surface area contributed by atoms with E-state index in [2.05, 4.69) is 6.92 Å². The summed E-state index contributed by atoms with van der Waals surface area (Å²) in [6.07, 6.45) is 13.2. The Morgan fingerprint density at radius 1 is 0.900 bits per heavy atom. The first kappa shape index (κ1) is 19.9. The topological polar surface area (TPSA) is 55.5 Å². The van der Waals surface area contributed by atoms with Gasteiger partial charge in [0.25, 0.3) is 0 Å². The lowest BCUT2D eigenvalue weighted by Gasteiger charge is -2.31. The van der Waals surface area contributed by atoms with E-state index in [4.69, 9.17) is 10.5 Å². The number of aliphatic hydroxyl groups excluding tert-OH is 1. The highest BCUT2D eigenvalue weighted by Crippen LogP contribution is 2.15. The molecule has 3 heteroatoms. The highest BCUT2D eigenvalue weighted by molar-refractivity contribution is 4.77. The average Bonchev–Trinajstić information content (AvgIpc) is 2.44. The molecule has 0 bridgehead atoms. The Morgan fingerprint density at radius 3 is 1.75 bits per heavy atom. The number of unbranched alkanes of at least 4 members (excludes halogenated alkanes) is 9. The third-order valence-electron chi connectivity index (χ3n) is 4.13. The van der Waals surface area contributed by atoms with Crippen molar-refractivity contribution < 1.29 is 9.84 Å². The molecule has 0 aliphatic carbocycles. The molecule has 0 radical (unpaired) electrons. The Labute approximate surface area is 126 Å². The zero-order valence-corrected chi connectivity index (χ0v) is 14.0. The molecule has 2 unspecified atom stereocenters. The maximum absolute atomic E-state index is 9.58. The van der Waals surface area contributed by atoms with E-state index < -0.39 is 11.8 Å². The molecule has 2 atom stereocenters. The summed E-state index contributed by atoms with van der Waals surface area (Å²) < 4.78 is 5.64. The Bertz CT molecular complexity index is 209. The second-order valence-corrected chi connectivity index (χ2v) is 6.01. The van der Waals surface area contributed by atoms with Gasteiger partial charge in [0.2, 0.25) is 0 Å². The Morgan fingerprint density at radius 2 is 1.35 bits per heavy atom. The van der Waals surface area contributed by atoms with E-state index in [-0.39, 0.29) is 0 Å². The Balaban J connectivity index is 3.32. The quantitative estimate of drug-likeness (QED) is 0.368. The molecule has 0 saturated heterocycles. The molecule has 0 aromatic carbocycles. The smallest absolute Gasteiger partial charge is 0.142 e. The van der Waals surface area contributed by atoms with E-state index in [1.165, 1.54) is 57.8 Å².